The number of anilines is 2. The van der Waals surface area contributed by atoms with Crippen molar-refractivity contribution in [3.8, 4) is 5.75 Å². The van der Waals surface area contributed by atoms with Crippen molar-refractivity contribution in [2.24, 2.45) is 0 Å². The Labute approximate surface area is 184 Å². The molecule has 0 aliphatic heterocycles. The molecule has 30 heavy (non-hydrogen) atoms. The predicted molar refractivity (Wildman–Crippen MR) is 124 cm³/mol. The summed E-state index contributed by atoms with van der Waals surface area (Å²) in [7, 11) is 0. The standard InChI is InChI=1S/C21H24N6OS2/c1-14-18(15(2)29-12-10-23-20-19(22)25-30-26-20)27-11-6-9-17(21(27)24-14)28-13-16-7-4-3-5-8-16/h3-9,11,15H,10,12-13H2,1-2H3,(H2,22,25)(H,23,26). The minimum Gasteiger partial charge on any atom is -0.485 e. The predicted octanol–water partition coefficient (Wildman–Crippen LogP) is 4.56. The van der Waals surface area contributed by atoms with Crippen LogP contribution in [0.25, 0.3) is 5.65 Å². The lowest BCUT2D eigenvalue weighted by Gasteiger charge is -2.13. The fraction of sp³-hybridized carbons (Fsp3) is 0.286. The zero-order chi connectivity index (χ0) is 20.9. The highest BCUT2D eigenvalue weighted by Crippen LogP contribution is 2.33. The SMILES string of the molecule is Cc1nc2c(OCc3ccccc3)cccn2c1C(C)SCCNc1nsnc1N. The second-order valence-electron chi connectivity index (χ2n) is 6.86. The van der Waals surface area contributed by atoms with E-state index in [-0.39, 0.29) is 5.25 Å². The Morgan fingerprint density at radius 2 is 2.03 bits per heavy atom. The number of nitrogen functional groups attached to an aromatic ring is 1. The smallest absolute Gasteiger partial charge is 0.184 e. The van der Waals surface area contributed by atoms with Crippen molar-refractivity contribution in [2.75, 3.05) is 23.3 Å². The van der Waals surface area contributed by atoms with Crippen LogP contribution in [-0.4, -0.2) is 30.4 Å². The molecule has 1 unspecified atom stereocenters. The van der Waals surface area contributed by atoms with Crippen LogP contribution in [0.2, 0.25) is 0 Å². The first-order chi connectivity index (χ1) is 14.6. The first kappa shape index (κ1) is 20.5. The quantitative estimate of drug-likeness (QED) is 0.369. The van der Waals surface area contributed by atoms with Gasteiger partial charge in [-0.25, -0.2) is 4.98 Å². The van der Waals surface area contributed by atoms with E-state index in [1.54, 1.807) is 0 Å². The third-order valence-electron chi connectivity index (χ3n) is 4.73. The number of hydrogen-bond donors (Lipinski definition) is 2. The van der Waals surface area contributed by atoms with Crippen molar-refractivity contribution < 1.29 is 4.74 Å². The van der Waals surface area contributed by atoms with Crippen LogP contribution in [0.3, 0.4) is 0 Å². The summed E-state index contributed by atoms with van der Waals surface area (Å²) in [4.78, 5) is 4.80. The van der Waals surface area contributed by atoms with Crippen LogP contribution in [0.15, 0.2) is 48.7 Å². The number of nitrogens with one attached hydrogen (secondary N) is 1. The number of imidazole rings is 1. The van der Waals surface area contributed by atoms with E-state index < -0.39 is 0 Å². The second kappa shape index (κ2) is 9.36. The molecule has 3 N–H and O–H groups in total. The lowest BCUT2D eigenvalue weighted by molar-refractivity contribution is 0.308. The van der Waals surface area contributed by atoms with E-state index >= 15 is 0 Å². The Balaban J connectivity index is 1.43. The van der Waals surface area contributed by atoms with E-state index in [2.05, 4.69) is 50.6 Å². The van der Waals surface area contributed by atoms with Gasteiger partial charge in [-0.3, -0.25) is 4.40 Å². The molecule has 0 fully saturated rings. The molecule has 0 saturated carbocycles. The van der Waals surface area contributed by atoms with Crippen molar-refractivity contribution in [2.45, 2.75) is 25.7 Å². The largest absolute Gasteiger partial charge is 0.485 e. The number of nitrogens with two attached hydrogens (primary N) is 1. The fourth-order valence-electron chi connectivity index (χ4n) is 3.31. The molecule has 1 aromatic carbocycles. The molecule has 0 radical (unpaired) electrons. The zero-order valence-corrected chi connectivity index (χ0v) is 18.5. The summed E-state index contributed by atoms with van der Waals surface area (Å²) in [6.07, 6.45) is 2.05. The number of benzene rings is 1. The molecule has 0 spiro atoms. The molecule has 9 heteroatoms. The number of thioether (sulfide) groups is 1. The van der Waals surface area contributed by atoms with Gasteiger partial charge in [-0.05, 0) is 31.5 Å². The molecule has 3 heterocycles. The van der Waals surface area contributed by atoms with Crippen molar-refractivity contribution in [1.29, 1.82) is 0 Å². The number of ether oxygens (including phenoxy) is 1. The first-order valence-corrected chi connectivity index (χ1v) is 11.5. The number of nitrogens with zero attached hydrogens (tertiary/aromatic N) is 4. The molecule has 1 atom stereocenters. The number of fused-ring (bicyclic) bond motifs is 1. The van der Waals surface area contributed by atoms with Gasteiger partial charge in [0.15, 0.2) is 23.0 Å². The van der Waals surface area contributed by atoms with E-state index in [9.17, 15) is 0 Å². The monoisotopic (exact) mass is 440 g/mol. The molecule has 156 valence electrons. The van der Waals surface area contributed by atoms with Gasteiger partial charge in [0.25, 0.3) is 0 Å². The number of aryl methyl sites for hydroxylation is 1. The third kappa shape index (κ3) is 4.52. The van der Waals surface area contributed by atoms with Crippen molar-refractivity contribution in [3.63, 3.8) is 0 Å². The van der Waals surface area contributed by atoms with Crippen molar-refractivity contribution >= 4 is 40.8 Å². The van der Waals surface area contributed by atoms with Crippen LogP contribution in [0.4, 0.5) is 11.6 Å². The number of pyridine rings is 1. The van der Waals surface area contributed by atoms with Crippen molar-refractivity contribution in [1.82, 2.24) is 18.1 Å². The fourth-order valence-corrected chi connectivity index (χ4v) is 4.78. The van der Waals surface area contributed by atoms with Gasteiger partial charge >= 0.3 is 0 Å². The highest BCUT2D eigenvalue weighted by Gasteiger charge is 2.18. The Morgan fingerprint density at radius 3 is 2.80 bits per heavy atom. The minimum atomic E-state index is 0.275. The highest BCUT2D eigenvalue weighted by molar-refractivity contribution is 7.99. The minimum absolute atomic E-state index is 0.275. The molecular weight excluding hydrogens is 416 g/mol. The summed E-state index contributed by atoms with van der Waals surface area (Å²) in [5.41, 5.74) is 9.96. The van der Waals surface area contributed by atoms with Crippen LogP contribution in [-0.2, 0) is 6.61 Å². The molecular formula is C21H24N6OS2. The molecule has 0 saturated heterocycles. The molecule has 0 aliphatic rings. The maximum absolute atomic E-state index is 6.08. The van der Waals surface area contributed by atoms with Crippen LogP contribution in [0, 0.1) is 6.92 Å². The molecule has 0 bridgehead atoms. The maximum atomic E-state index is 6.08. The lowest BCUT2D eigenvalue weighted by atomic mass is 10.2. The van der Waals surface area contributed by atoms with Gasteiger partial charge in [-0.15, -0.1) is 0 Å². The summed E-state index contributed by atoms with van der Waals surface area (Å²) in [6, 6.07) is 14.1. The summed E-state index contributed by atoms with van der Waals surface area (Å²) < 4.78 is 16.3. The van der Waals surface area contributed by atoms with Gasteiger partial charge < -0.3 is 15.8 Å². The van der Waals surface area contributed by atoms with E-state index in [1.165, 1.54) is 5.69 Å². The Morgan fingerprint density at radius 1 is 1.20 bits per heavy atom. The Bertz CT molecular complexity index is 1110. The zero-order valence-electron chi connectivity index (χ0n) is 16.9. The average molecular weight is 441 g/mol. The summed E-state index contributed by atoms with van der Waals surface area (Å²) in [6.45, 7) is 5.55. The van der Waals surface area contributed by atoms with Crippen molar-refractivity contribution in [3.05, 3.63) is 65.6 Å². The maximum Gasteiger partial charge on any atom is 0.184 e. The van der Waals surface area contributed by atoms with Gasteiger partial charge in [0.1, 0.15) is 6.61 Å². The summed E-state index contributed by atoms with van der Waals surface area (Å²) >= 11 is 2.98. The third-order valence-corrected chi connectivity index (χ3v) is 6.44. The van der Waals surface area contributed by atoms with Crippen LogP contribution >= 0.6 is 23.5 Å². The van der Waals surface area contributed by atoms with E-state index in [4.69, 9.17) is 15.5 Å². The lowest BCUT2D eigenvalue weighted by Crippen LogP contribution is -2.08. The summed E-state index contributed by atoms with van der Waals surface area (Å²) in [5.74, 6) is 2.83. The highest BCUT2D eigenvalue weighted by atomic mass is 32.2. The Kier molecular flexibility index (Phi) is 6.39. The molecule has 3 aromatic heterocycles. The number of hydrogen-bond acceptors (Lipinski definition) is 8. The molecule has 4 aromatic rings. The molecule has 7 nitrogen and oxygen atoms in total. The molecule has 4 rings (SSSR count). The summed E-state index contributed by atoms with van der Waals surface area (Å²) in [5, 5.41) is 3.51. The van der Waals surface area contributed by atoms with E-state index in [0.717, 1.165) is 46.7 Å². The second-order valence-corrected chi connectivity index (χ2v) is 8.84. The molecule has 0 amide bonds. The normalized spacial score (nSPS) is 12.2. The van der Waals surface area contributed by atoms with Gasteiger partial charge in [0.2, 0.25) is 0 Å². The van der Waals surface area contributed by atoms with E-state index in [0.29, 0.717) is 18.2 Å². The van der Waals surface area contributed by atoms with Crippen LogP contribution in [0.1, 0.15) is 29.1 Å². The average Bonchev–Trinajstić information content (AvgIpc) is 3.32. The van der Waals surface area contributed by atoms with Gasteiger partial charge in [0, 0.05) is 23.7 Å². The van der Waals surface area contributed by atoms with Crippen LogP contribution in [0.5, 0.6) is 5.75 Å². The van der Waals surface area contributed by atoms with Gasteiger partial charge in [-0.2, -0.15) is 20.5 Å². The molecule has 0 aliphatic carbocycles. The first-order valence-electron chi connectivity index (χ1n) is 9.71. The van der Waals surface area contributed by atoms with Gasteiger partial charge in [0.05, 0.1) is 23.1 Å². The topological polar surface area (TPSA) is 90.4 Å². The number of aromatic nitrogens is 4. The Hall–Kier alpha value is -2.78. The van der Waals surface area contributed by atoms with Gasteiger partial charge in [-0.1, -0.05) is 30.3 Å². The van der Waals surface area contributed by atoms with E-state index in [1.807, 2.05) is 42.1 Å². The van der Waals surface area contributed by atoms with Crippen LogP contribution < -0.4 is 15.8 Å². The number of rotatable bonds is 9.